The lowest BCUT2D eigenvalue weighted by Crippen LogP contribution is -2.28. The van der Waals surface area contributed by atoms with Gasteiger partial charge in [0, 0.05) is 13.3 Å². The number of benzene rings is 1. The van der Waals surface area contributed by atoms with Crippen LogP contribution in [0, 0.1) is 5.41 Å². The Labute approximate surface area is 119 Å². The van der Waals surface area contributed by atoms with Crippen LogP contribution in [0.15, 0.2) is 23.1 Å². The first-order chi connectivity index (χ1) is 9.01. The van der Waals surface area contributed by atoms with Crippen molar-refractivity contribution >= 4 is 20.9 Å². The van der Waals surface area contributed by atoms with E-state index in [2.05, 4.69) is 25.8 Å². The van der Waals surface area contributed by atoms with Crippen LogP contribution in [-0.2, 0) is 16.9 Å². The summed E-state index contributed by atoms with van der Waals surface area (Å²) < 4.78 is 25.1. The minimum Gasteiger partial charge on any atom is -0.330 e. The summed E-state index contributed by atoms with van der Waals surface area (Å²) in [5.74, 6) is 0.762. The monoisotopic (exact) mass is 295 g/mol. The fraction of sp³-hybridized carbons (Fsp3) is 0.500. The zero-order valence-electron chi connectivity index (χ0n) is 12.5. The van der Waals surface area contributed by atoms with Crippen LogP contribution in [0.3, 0.4) is 0 Å². The average Bonchev–Trinajstić information content (AvgIpc) is 2.63. The first-order valence-electron chi connectivity index (χ1n) is 6.44. The molecule has 2 rings (SSSR count). The number of hydrogen-bond acceptors (Lipinski definition) is 4. The highest BCUT2D eigenvalue weighted by Crippen LogP contribution is 2.31. The van der Waals surface area contributed by atoms with Crippen LogP contribution in [-0.4, -0.2) is 24.2 Å². The molecule has 0 aliphatic rings. The Bertz CT molecular complexity index is 755. The second kappa shape index (κ2) is 4.56. The van der Waals surface area contributed by atoms with Gasteiger partial charge in [-0.2, -0.15) is 0 Å². The Morgan fingerprint density at radius 3 is 2.40 bits per heavy atom. The largest absolute Gasteiger partial charge is 0.330 e. The summed E-state index contributed by atoms with van der Waals surface area (Å²) >= 11 is 0. The summed E-state index contributed by atoms with van der Waals surface area (Å²) in [6, 6.07) is 4.76. The molecule has 2 aromatic rings. The van der Waals surface area contributed by atoms with Crippen molar-refractivity contribution in [2.45, 2.75) is 31.7 Å². The molecule has 0 aliphatic heterocycles. The maximum absolute atomic E-state index is 11.6. The quantitative estimate of drug-likeness (QED) is 0.919. The van der Waals surface area contributed by atoms with Crippen molar-refractivity contribution in [2.24, 2.45) is 18.2 Å². The van der Waals surface area contributed by atoms with Crippen molar-refractivity contribution in [1.29, 1.82) is 0 Å². The number of nitrogens with zero attached hydrogens (tertiary/aromatic N) is 2. The summed E-state index contributed by atoms with van der Waals surface area (Å²) in [4.78, 5) is 4.80. The number of hydrogen-bond donors (Lipinski definition) is 1. The van der Waals surface area contributed by atoms with Crippen LogP contribution in [0.1, 0.15) is 32.6 Å². The van der Waals surface area contributed by atoms with Crippen LogP contribution in [0.5, 0.6) is 0 Å². The third kappa shape index (κ3) is 2.58. The van der Waals surface area contributed by atoms with Gasteiger partial charge in [0.15, 0.2) is 9.84 Å². The van der Waals surface area contributed by atoms with Crippen molar-refractivity contribution in [3.8, 4) is 0 Å². The van der Waals surface area contributed by atoms with Gasteiger partial charge in [0.05, 0.1) is 22.0 Å². The molecule has 1 atom stereocenters. The third-order valence-corrected chi connectivity index (χ3v) is 4.64. The maximum atomic E-state index is 11.6. The molecule has 0 amide bonds. The van der Waals surface area contributed by atoms with E-state index in [1.807, 2.05) is 11.6 Å². The highest BCUT2D eigenvalue weighted by Gasteiger charge is 2.27. The molecule has 2 N–H and O–H groups in total. The van der Waals surface area contributed by atoms with E-state index in [1.165, 1.54) is 6.26 Å². The first-order valence-corrected chi connectivity index (χ1v) is 8.33. The Morgan fingerprint density at radius 1 is 1.30 bits per heavy atom. The predicted molar refractivity (Wildman–Crippen MR) is 80.2 cm³/mol. The molecular weight excluding hydrogens is 274 g/mol. The van der Waals surface area contributed by atoms with Crippen molar-refractivity contribution < 1.29 is 8.42 Å². The van der Waals surface area contributed by atoms with E-state index in [4.69, 9.17) is 5.73 Å². The number of sulfone groups is 1. The van der Waals surface area contributed by atoms with E-state index in [-0.39, 0.29) is 16.4 Å². The number of aryl methyl sites for hydroxylation is 1. The minimum absolute atomic E-state index is 0.116. The van der Waals surface area contributed by atoms with Crippen LogP contribution in [0.2, 0.25) is 0 Å². The van der Waals surface area contributed by atoms with Gasteiger partial charge in [0.1, 0.15) is 5.82 Å². The van der Waals surface area contributed by atoms with E-state index in [1.54, 1.807) is 18.2 Å². The smallest absolute Gasteiger partial charge is 0.175 e. The van der Waals surface area contributed by atoms with Gasteiger partial charge in [-0.05, 0) is 23.6 Å². The van der Waals surface area contributed by atoms with Crippen LogP contribution in [0.4, 0.5) is 0 Å². The van der Waals surface area contributed by atoms with E-state index in [0.29, 0.717) is 5.52 Å². The lowest BCUT2D eigenvalue weighted by Gasteiger charge is -2.26. The normalized spacial score (nSPS) is 14.7. The molecule has 1 unspecified atom stereocenters. The first kappa shape index (κ1) is 15.0. The Kier molecular flexibility index (Phi) is 3.42. The molecule has 0 aliphatic carbocycles. The molecule has 0 saturated carbocycles. The summed E-state index contributed by atoms with van der Waals surface area (Å²) in [5, 5.41) is 0. The van der Waals surface area contributed by atoms with E-state index in [0.717, 1.165) is 11.3 Å². The van der Waals surface area contributed by atoms with Gasteiger partial charge in [-0.1, -0.05) is 20.8 Å². The summed E-state index contributed by atoms with van der Waals surface area (Å²) in [7, 11) is -1.33. The van der Waals surface area contributed by atoms with Crippen molar-refractivity contribution in [3.63, 3.8) is 0 Å². The zero-order chi connectivity index (χ0) is 15.3. The third-order valence-electron chi connectivity index (χ3n) is 3.53. The van der Waals surface area contributed by atoms with Crippen LogP contribution in [0.25, 0.3) is 11.0 Å². The average molecular weight is 295 g/mol. The zero-order valence-corrected chi connectivity index (χ0v) is 13.3. The molecule has 5 nitrogen and oxygen atoms in total. The number of rotatable bonds is 2. The molecule has 0 fully saturated rings. The van der Waals surface area contributed by atoms with Gasteiger partial charge in [-0.25, -0.2) is 13.4 Å². The maximum Gasteiger partial charge on any atom is 0.175 e. The fourth-order valence-electron chi connectivity index (χ4n) is 2.09. The van der Waals surface area contributed by atoms with Crippen molar-refractivity contribution in [2.75, 3.05) is 6.26 Å². The van der Waals surface area contributed by atoms with Crippen LogP contribution >= 0.6 is 0 Å². The Morgan fingerprint density at radius 2 is 1.90 bits per heavy atom. The molecule has 1 heterocycles. The molecule has 6 heteroatoms. The fourth-order valence-corrected chi connectivity index (χ4v) is 2.74. The molecule has 0 saturated heterocycles. The van der Waals surface area contributed by atoms with E-state index in [9.17, 15) is 8.42 Å². The van der Waals surface area contributed by atoms with Gasteiger partial charge in [-0.3, -0.25) is 0 Å². The second-order valence-corrected chi connectivity index (χ2v) is 8.31. The number of aromatic nitrogens is 2. The van der Waals surface area contributed by atoms with Gasteiger partial charge in [0.2, 0.25) is 0 Å². The minimum atomic E-state index is -3.23. The molecule has 1 aromatic carbocycles. The summed E-state index contributed by atoms with van der Waals surface area (Å²) in [6.07, 6.45) is 1.19. The van der Waals surface area contributed by atoms with E-state index < -0.39 is 9.84 Å². The highest BCUT2D eigenvalue weighted by atomic mass is 32.2. The number of fused-ring (bicyclic) bond motifs is 1. The number of nitrogens with two attached hydrogens (primary N) is 1. The highest BCUT2D eigenvalue weighted by molar-refractivity contribution is 7.90. The molecule has 0 spiro atoms. The number of imidazole rings is 1. The molecule has 1 aromatic heterocycles. The molecule has 0 bridgehead atoms. The Balaban J connectivity index is 2.64. The molecule has 20 heavy (non-hydrogen) atoms. The van der Waals surface area contributed by atoms with Gasteiger partial charge in [-0.15, -0.1) is 0 Å². The summed E-state index contributed by atoms with van der Waals surface area (Å²) in [5.41, 5.74) is 7.68. The lowest BCUT2D eigenvalue weighted by molar-refractivity contribution is 0.311. The predicted octanol–water partition coefficient (Wildman–Crippen LogP) is 2.02. The van der Waals surface area contributed by atoms with Crippen LogP contribution < -0.4 is 5.73 Å². The van der Waals surface area contributed by atoms with Gasteiger partial charge in [0.25, 0.3) is 0 Å². The van der Waals surface area contributed by atoms with Gasteiger partial charge >= 0.3 is 0 Å². The molecule has 0 radical (unpaired) electrons. The standard InChI is InChI=1S/C14H21N3O2S/c1-14(2,3)12(15)13-16-10-8-9(20(5,18)19)6-7-11(10)17(13)4/h6-8,12H,15H2,1-5H3. The van der Waals surface area contributed by atoms with E-state index >= 15 is 0 Å². The Hall–Kier alpha value is -1.40. The van der Waals surface area contributed by atoms with Crippen molar-refractivity contribution in [3.05, 3.63) is 24.0 Å². The molecule has 110 valence electrons. The summed E-state index contributed by atoms with van der Waals surface area (Å²) in [6.45, 7) is 6.16. The topological polar surface area (TPSA) is 78.0 Å². The second-order valence-electron chi connectivity index (χ2n) is 6.30. The lowest BCUT2D eigenvalue weighted by atomic mass is 9.87. The van der Waals surface area contributed by atoms with Gasteiger partial charge < -0.3 is 10.3 Å². The SMILES string of the molecule is Cn1c(C(N)C(C)(C)C)nc2cc(S(C)(=O)=O)ccc21. The molecular formula is C14H21N3O2S. The van der Waals surface area contributed by atoms with Crippen molar-refractivity contribution in [1.82, 2.24) is 9.55 Å².